The molecule has 4 aromatic carbocycles. The van der Waals surface area contributed by atoms with E-state index in [0.29, 0.717) is 16.2 Å². The van der Waals surface area contributed by atoms with Crippen LogP contribution in [-0.4, -0.2) is 0 Å². The zero-order valence-corrected chi connectivity index (χ0v) is 19.7. The van der Waals surface area contributed by atoms with Crippen LogP contribution in [0, 0.1) is 0 Å². The first kappa shape index (κ1) is 20.6. The fourth-order valence-corrected chi connectivity index (χ4v) is 12.3. The molecule has 4 rings (SSSR count). The van der Waals surface area contributed by atoms with Gasteiger partial charge in [0.1, 0.15) is 0 Å². The Morgan fingerprint density at radius 3 is 1.21 bits per heavy atom. The van der Waals surface area contributed by atoms with Crippen LogP contribution in [0.25, 0.3) is 0 Å². The third-order valence-corrected chi connectivity index (χ3v) is 15.6. The molecule has 0 heterocycles. The second-order valence-corrected chi connectivity index (χ2v) is 16.8. The van der Waals surface area contributed by atoms with Crippen LogP contribution < -0.4 is 15.9 Å². The summed E-state index contributed by atoms with van der Waals surface area (Å²) in [6.07, 6.45) is 0.683. The van der Waals surface area contributed by atoms with Crippen molar-refractivity contribution in [3.63, 3.8) is 0 Å². The number of rotatable bonds is 5. The van der Waals surface area contributed by atoms with E-state index in [4.69, 9.17) is 23.2 Å². The summed E-state index contributed by atoms with van der Waals surface area (Å²) in [7, 11) is 0. The normalized spacial score (nSPS) is 12.9. The summed E-state index contributed by atoms with van der Waals surface area (Å²) in [6, 6.07) is 37.7. The Hall–Kier alpha value is -1.63. The molecule has 0 fully saturated rings. The summed E-state index contributed by atoms with van der Waals surface area (Å²) < 4.78 is 0. The second kappa shape index (κ2) is 8.25. The molecule has 0 radical (unpaired) electrons. The number of hydrogen-bond acceptors (Lipinski definition) is 0. The van der Waals surface area contributed by atoms with Crippen molar-refractivity contribution in [3.8, 4) is 0 Å². The van der Waals surface area contributed by atoms with Gasteiger partial charge in [-0.1, -0.05) is 0 Å². The zero-order valence-electron chi connectivity index (χ0n) is 15.7. The van der Waals surface area contributed by atoms with Gasteiger partial charge in [0.25, 0.3) is 0 Å². The van der Waals surface area contributed by atoms with E-state index in [9.17, 15) is 0 Å². The third kappa shape index (κ3) is 3.56. The van der Waals surface area contributed by atoms with Gasteiger partial charge in [-0.05, 0) is 0 Å². The predicted molar refractivity (Wildman–Crippen MR) is 134 cm³/mol. The molecule has 0 bridgehead atoms. The fraction of sp³-hybridized carbons (Fsp3) is 0.0400. The van der Waals surface area contributed by atoms with Crippen molar-refractivity contribution in [2.75, 3.05) is 0 Å². The van der Waals surface area contributed by atoms with Gasteiger partial charge in [0.2, 0.25) is 0 Å². The Morgan fingerprint density at radius 1 is 0.517 bits per heavy atom. The molecule has 0 atom stereocenters. The van der Waals surface area contributed by atoms with Crippen molar-refractivity contribution in [1.82, 2.24) is 0 Å². The van der Waals surface area contributed by atoms with Crippen LogP contribution >= 0.6 is 44.0 Å². The molecular formula is C25H20BrCl2P. The Morgan fingerprint density at radius 2 is 0.862 bits per heavy atom. The van der Waals surface area contributed by atoms with Gasteiger partial charge < -0.3 is 0 Å². The van der Waals surface area contributed by atoms with E-state index >= 15 is 0 Å². The van der Waals surface area contributed by atoms with Gasteiger partial charge >= 0.3 is 191 Å². The van der Waals surface area contributed by atoms with Crippen molar-refractivity contribution in [3.05, 3.63) is 125 Å². The van der Waals surface area contributed by atoms with E-state index in [1.165, 1.54) is 15.9 Å². The summed E-state index contributed by atoms with van der Waals surface area (Å²) in [4.78, 5) is 0. The standard InChI is InChI=1S/C25H20BrCl2P/c26-29(20-11-4-1-5-12-20,21-13-6-2-7-14-21,22-15-8-3-9-16-22)19-23-24(27)17-10-18-25(23)28/h1-18H,19H2. The number of benzene rings is 4. The van der Waals surface area contributed by atoms with Crippen LogP contribution in [0.3, 0.4) is 0 Å². The van der Waals surface area contributed by atoms with Gasteiger partial charge in [-0.3, -0.25) is 0 Å². The monoisotopic (exact) mass is 500 g/mol. The number of halogens is 3. The molecule has 4 aromatic rings. The van der Waals surface area contributed by atoms with Crippen molar-refractivity contribution < 1.29 is 0 Å². The van der Waals surface area contributed by atoms with Crippen LogP contribution in [0.2, 0.25) is 10.0 Å². The first-order chi connectivity index (χ1) is 14.0. The Balaban J connectivity index is 2.13. The summed E-state index contributed by atoms with van der Waals surface area (Å²) in [5.74, 6) is 0. The maximum atomic E-state index is 6.68. The molecule has 0 N–H and O–H groups in total. The molecule has 29 heavy (non-hydrogen) atoms. The van der Waals surface area contributed by atoms with Crippen LogP contribution in [0.4, 0.5) is 0 Å². The third-order valence-electron chi connectivity index (χ3n) is 5.40. The van der Waals surface area contributed by atoms with E-state index in [1.54, 1.807) is 0 Å². The predicted octanol–water partition coefficient (Wildman–Crippen LogP) is 7.33. The Labute approximate surface area is 190 Å². The topological polar surface area (TPSA) is 0 Å². The summed E-state index contributed by atoms with van der Waals surface area (Å²) in [5, 5.41) is 2.00. The molecule has 0 saturated carbocycles. The van der Waals surface area contributed by atoms with Gasteiger partial charge in [-0.25, -0.2) is 0 Å². The molecule has 0 aliphatic carbocycles. The number of hydrogen-bond donors (Lipinski definition) is 0. The van der Waals surface area contributed by atoms with Crippen molar-refractivity contribution in [2.45, 2.75) is 6.16 Å². The van der Waals surface area contributed by atoms with E-state index < -0.39 is 5.31 Å². The molecule has 0 nitrogen and oxygen atoms in total. The van der Waals surface area contributed by atoms with Crippen molar-refractivity contribution >= 4 is 59.9 Å². The van der Waals surface area contributed by atoms with Gasteiger partial charge in [-0.2, -0.15) is 0 Å². The second-order valence-electron chi connectivity index (χ2n) is 7.05. The van der Waals surface area contributed by atoms with Gasteiger partial charge in [-0.15, -0.1) is 0 Å². The van der Waals surface area contributed by atoms with E-state index in [1.807, 2.05) is 18.2 Å². The fourth-order valence-electron chi connectivity index (χ4n) is 3.92. The summed E-state index contributed by atoms with van der Waals surface area (Å²) in [5.41, 5.74) is 0.960. The van der Waals surface area contributed by atoms with Crippen molar-refractivity contribution in [1.29, 1.82) is 0 Å². The van der Waals surface area contributed by atoms with Crippen LogP contribution in [0.15, 0.2) is 109 Å². The molecule has 0 aliphatic rings. The molecule has 4 heteroatoms. The molecular weight excluding hydrogens is 482 g/mol. The van der Waals surface area contributed by atoms with Gasteiger partial charge in [0.05, 0.1) is 0 Å². The molecule has 0 aliphatic heterocycles. The quantitative estimate of drug-likeness (QED) is 0.251. The maximum absolute atomic E-state index is 6.68. The first-order valence-electron chi connectivity index (χ1n) is 9.36. The van der Waals surface area contributed by atoms with E-state index in [0.717, 1.165) is 5.56 Å². The average molecular weight is 502 g/mol. The molecule has 0 amide bonds. The van der Waals surface area contributed by atoms with E-state index in [-0.39, 0.29) is 0 Å². The molecule has 146 valence electrons. The van der Waals surface area contributed by atoms with Crippen molar-refractivity contribution in [2.24, 2.45) is 0 Å². The van der Waals surface area contributed by atoms with E-state index in [2.05, 4.69) is 106 Å². The molecule has 0 saturated heterocycles. The zero-order chi connectivity index (χ0) is 20.3. The minimum absolute atomic E-state index is 0.683. The Bertz CT molecular complexity index is 996. The average Bonchev–Trinajstić information content (AvgIpc) is 2.78. The minimum atomic E-state index is -3.10. The van der Waals surface area contributed by atoms with Crippen LogP contribution in [0.5, 0.6) is 0 Å². The molecule has 0 spiro atoms. The first-order valence-corrected chi connectivity index (χ1v) is 14.6. The van der Waals surface area contributed by atoms with Crippen LogP contribution in [0.1, 0.15) is 5.56 Å². The van der Waals surface area contributed by atoms with Gasteiger partial charge in [0, 0.05) is 0 Å². The SMILES string of the molecule is Clc1cccc(Cl)c1CP(Br)(c1ccccc1)(c1ccccc1)c1ccccc1. The molecule has 0 unspecified atom stereocenters. The van der Waals surface area contributed by atoms with Crippen LogP contribution in [-0.2, 0) is 6.16 Å². The molecule has 0 aromatic heterocycles. The van der Waals surface area contributed by atoms with Gasteiger partial charge in [0.15, 0.2) is 0 Å². The summed E-state index contributed by atoms with van der Waals surface area (Å²) >= 11 is 17.8. The Kier molecular flexibility index (Phi) is 5.87. The summed E-state index contributed by atoms with van der Waals surface area (Å²) in [6.45, 7) is 0.